The van der Waals surface area contributed by atoms with Crippen LogP contribution in [0.3, 0.4) is 0 Å². The van der Waals surface area contributed by atoms with E-state index >= 15 is 0 Å². The summed E-state index contributed by atoms with van der Waals surface area (Å²) < 4.78 is 0. The monoisotopic (exact) mass is 166 g/mol. The largest absolute Gasteiger partial charge is 0.294 e. The van der Waals surface area contributed by atoms with Gasteiger partial charge in [-0.1, -0.05) is 0 Å². The predicted octanol–water partition coefficient (Wildman–Crippen LogP) is 0.680. The smallest absolute Gasteiger partial charge is 0.225 e. The van der Waals surface area contributed by atoms with Gasteiger partial charge in [0.05, 0.1) is 5.92 Å². The highest BCUT2D eigenvalue weighted by Crippen LogP contribution is 2.20. The molecule has 0 N–H and O–H groups in total. The molecule has 0 heterocycles. The standard InChI is InChI=1S/C9H10O3/c1-4-5(2)8(11)9(12)6(3)7(4)10/h6H,1-3H3. The summed E-state index contributed by atoms with van der Waals surface area (Å²) in [6.45, 7) is 4.57. The number of ketones is 3. The average Bonchev–Trinajstić information content (AvgIpc) is 2.08. The van der Waals surface area contributed by atoms with Gasteiger partial charge in [-0.15, -0.1) is 0 Å². The van der Waals surface area contributed by atoms with Gasteiger partial charge in [0, 0.05) is 5.57 Å². The van der Waals surface area contributed by atoms with Gasteiger partial charge in [0.2, 0.25) is 11.6 Å². The molecule has 0 saturated carbocycles. The summed E-state index contributed by atoms with van der Waals surface area (Å²) in [5.41, 5.74) is 0.718. The molecule has 3 heteroatoms. The molecular formula is C9H10O3. The van der Waals surface area contributed by atoms with Gasteiger partial charge >= 0.3 is 0 Å². The number of rotatable bonds is 0. The average molecular weight is 166 g/mol. The molecule has 64 valence electrons. The molecule has 1 rings (SSSR count). The van der Waals surface area contributed by atoms with Gasteiger partial charge < -0.3 is 0 Å². The molecule has 0 aliphatic heterocycles. The van der Waals surface area contributed by atoms with Crippen LogP contribution in [0.1, 0.15) is 20.8 Å². The molecule has 0 aromatic carbocycles. The van der Waals surface area contributed by atoms with Crippen LogP contribution in [-0.2, 0) is 14.4 Å². The van der Waals surface area contributed by atoms with Crippen molar-refractivity contribution in [2.75, 3.05) is 0 Å². The summed E-state index contributed by atoms with van der Waals surface area (Å²) in [4.78, 5) is 33.5. The maximum atomic E-state index is 11.3. The van der Waals surface area contributed by atoms with Gasteiger partial charge in [-0.3, -0.25) is 14.4 Å². The van der Waals surface area contributed by atoms with Gasteiger partial charge in [0.15, 0.2) is 5.78 Å². The third-order valence-electron chi connectivity index (χ3n) is 2.28. The van der Waals surface area contributed by atoms with Crippen molar-refractivity contribution in [3.63, 3.8) is 0 Å². The highest BCUT2D eigenvalue weighted by Gasteiger charge is 2.35. The number of hydrogen-bond donors (Lipinski definition) is 0. The fraction of sp³-hybridized carbons (Fsp3) is 0.444. The second-order valence-corrected chi connectivity index (χ2v) is 3.03. The van der Waals surface area contributed by atoms with Crippen molar-refractivity contribution < 1.29 is 14.4 Å². The fourth-order valence-corrected chi connectivity index (χ4v) is 1.18. The second-order valence-electron chi connectivity index (χ2n) is 3.03. The van der Waals surface area contributed by atoms with E-state index in [-0.39, 0.29) is 5.78 Å². The topological polar surface area (TPSA) is 51.2 Å². The third-order valence-corrected chi connectivity index (χ3v) is 2.28. The van der Waals surface area contributed by atoms with Crippen molar-refractivity contribution in [1.82, 2.24) is 0 Å². The zero-order valence-electron chi connectivity index (χ0n) is 7.30. The van der Waals surface area contributed by atoms with Crippen molar-refractivity contribution in [3.05, 3.63) is 11.1 Å². The van der Waals surface area contributed by atoms with Crippen LogP contribution in [0.4, 0.5) is 0 Å². The molecule has 0 spiro atoms. The first-order valence-electron chi connectivity index (χ1n) is 3.77. The Morgan fingerprint density at radius 3 is 1.92 bits per heavy atom. The van der Waals surface area contributed by atoms with Crippen LogP contribution < -0.4 is 0 Å². The van der Waals surface area contributed by atoms with Crippen LogP contribution in [0.15, 0.2) is 11.1 Å². The zero-order chi connectivity index (χ0) is 9.46. The molecule has 0 aromatic rings. The van der Waals surface area contributed by atoms with E-state index in [1.54, 1.807) is 6.92 Å². The second kappa shape index (κ2) is 2.66. The number of allylic oxidation sites excluding steroid dienone is 2. The van der Waals surface area contributed by atoms with Gasteiger partial charge in [-0.25, -0.2) is 0 Å². The molecule has 0 saturated heterocycles. The molecule has 12 heavy (non-hydrogen) atoms. The minimum absolute atomic E-state index is 0.225. The van der Waals surface area contributed by atoms with Gasteiger partial charge in [0.25, 0.3) is 0 Å². The maximum Gasteiger partial charge on any atom is 0.225 e. The molecule has 1 aliphatic rings. The number of carbonyl (C=O) groups excluding carboxylic acids is 3. The normalized spacial score (nSPS) is 25.2. The van der Waals surface area contributed by atoms with Gasteiger partial charge in [-0.05, 0) is 26.3 Å². The Kier molecular flexibility index (Phi) is 1.96. The van der Waals surface area contributed by atoms with Crippen molar-refractivity contribution in [2.24, 2.45) is 5.92 Å². The molecule has 1 aliphatic carbocycles. The number of carbonyl (C=O) groups is 3. The highest BCUT2D eigenvalue weighted by atomic mass is 16.2. The van der Waals surface area contributed by atoms with Crippen molar-refractivity contribution in [3.8, 4) is 0 Å². The Balaban J connectivity index is 3.27. The first-order valence-corrected chi connectivity index (χ1v) is 3.77. The van der Waals surface area contributed by atoms with E-state index in [9.17, 15) is 14.4 Å². The van der Waals surface area contributed by atoms with E-state index in [0.717, 1.165) is 0 Å². The number of hydrogen-bond acceptors (Lipinski definition) is 3. The first kappa shape index (κ1) is 8.84. The fourth-order valence-electron chi connectivity index (χ4n) is 1.18. The molecule has 0 bridgehead atoms. The van der Waals surface area contributed by atoms with Crippen LogP contribution in [0.5, 0.6) is 0 Å². The third kappa shape index (κ3) is 1.02. The van der Waals surface area contributed by atoms with Gasteiger partial charge in [0.1, 0.15) is 0 Å². The van der Waals surface area contributed by atoms with Crippen molar-refractivity contribution in [2.45, 2.75) is 20.8 Å². The Morgan fingerprint density at radius 1 is 0.917 bits per heavy atom. The molecule has 0 fully saturated rings. The lowest BCUT2D eigenvalue weighted by Gasteiger charge is -2.16. The van der Waals surface area contributed by atoms with Crippen LogP contribution >= 0.6 is 0 Å². The van der Waals surface area contributed by atoms with E-state index in [0.29, 0.717) is 11.1 Å². The van der Waals surface area contributed by atoms with Crippen LogP contribution in [0, 0.1) is 5.92 Å². The summed E-state index contributed by atoms with van der Waals surface area (Å²) in [6.07, 6.45) is 0. The Morgan fingerprint density at radius 2 is 1.42 bits per heavy atom. The van der Waals surface area contributed by atoms with Crippen LogP contribution in [0.2, 0.25) is 0 Å². The lowest BCUT2D eigenvalue weighted by molar-refractivity contribution is -0.140. The molecule has 1 atom stereocenters. The van der Waals surface area contributed by atoms with E-state index in [2.05, 4.69) is 0 Å². The predicted molar refractivity (Wildman–Crippen MR) is 42.6 cm³/mol. The minimum atomic E-state index is -0.777. The van der Waals surface area contributed by atoms with E-state index < -0.39 is 17.5 Å². The first-order chi connectivity index (χ1) is 5.46. The van der Waals surface area contributed by atoms with Crippen LogP contribution in [-0.4, -0.2) is 17.3 Å². The molecule has 0 amide bonds. The summed E-state index contributed by atoms with van der Waals surface area (Å²) in [6, 6.07) is 0. The summed E-state index contributed by atoms with van der Waals surface area (Å²) >= 11 is 0. The summed E-state index contributed by atoms with van der Waals surface area (Å²) in [7, 11) is 0. The van der Waals surface area contributed by atoms with E-state index in [1.807, 2.05) is 0 Å². The SMILES string of the molecule is CC1=C(C)C(=O)C(C)C(=O)C1=O. The van der Waals surface area contributed by atoms with Crippen molar-refractivity contribution >= 4 is 17.3 Å². The quantitative estimate of drug-likeness (QED) is 0.392. The van der Waals surface area contributed by atoms with Crippen LogP contribution in [0.25, 0.3) is 0 Å². The molecular weight excluding hydrogens is 156 g/mol. The van der Waals surface area contributed by atoms with E-state index in [1.165, 1.54) is 13.8 Å². The lowest BCUT2D eigenvalue weighted by atomic mass is 9.83. The molecule has 0 radical (unpaired) electrons. The van der Waals surface area contributed by atoms with E-state index in [4.69, 9.17) is 0 Å². The Labute approximate surface area is 70.4 Å². The Hall–Kier alpha value is -1.25. The lowest BCUT2D eigenvalue weighted by Crippen LogP contribution is -2.34. The molecule has 0 aromatic heterocycles. The molecule has 3 nitrogen and oxygen atoms in total. The Bertz CT molecular complexity index is 310. The number of Topliss-reactive ketones (excluding diaryl/α,β-unsaturated/α-hetero) is 3. The molecule has 1 unspecified atom stereocenters. The zero-order valence-corrected chi connectivity index (χ0v) is 7.30. The van der Waals surface area contributed by atoms with Gasteiger partial charge in [-0.2, -0.15) is 0 Å². The summed E-state index contributed by atoms with van der Waals surface area (Å²) in [5.74, 6) is -2.10. The maximum absolute atomic E-state index is 11.3. The van der Waals surface area contributed by atoms with Crippen molar-refractivity contribution in [1.29, 1.82) is 0 Å². The summed E-state index contributed by atoms with van der Waals surface area (Å²) in [5, 5.41) is 0. The highest BCUT2D eigenvalue weighted by molar-refractivity contribution is 6.50. The minimum Gasteiger partial charge on any atom is -0.294 e.